The minimum atomic E-state index is 0.161. The molecule has 0 amide bonds. The van der Waals surface area contributed by atoms with Gasteiger partial charge in [0.05, 0.1) is 0 Å². The van der Waals surface area contributed by atoms with Gasteiger partial charge in [-0.3, -0.25) is 4.79 Å². The smallest absolute Gasteiger partial charge is 0.194 e. The lowest BCUT2D eigenvalue weighted by atomic mass is 9.98. The zero-order chi connectivity index (χ0) is 18.9. The molecule has 2 aromatic carbocycles. The molecule has 0 atom stereocenters. The predicted molar refractivity (Wildman–Crippen MR) is 113 cm³/mol. The van der Waals surface area contributed by atoms with Gasteiger partial charge in [0, 0.05) is 11.1 Å². The Hall–Kier alpha value is -3.37. The van der Waals surface area contributed by atoms with E-state index in [9.17, 15) is 4.79 Å². The van der Waals surface area contributed by atoms with Crippen LogP contribution in [0.1, 0.15) is 39.9 Å². The van der Waals surface area contributed by atoms with Gasteiger partial charge in [-0.05, 0) is 83.4 Å². The number of fused-ring (bicyclic) bond motifs is 3. The number of ketones is 1. The van der Waals surface area contributed by atoms with Gasteiger partial charge in [0.1, 0.15) is 0 Å². The first-order valence-corrected chi connectivity index (χ1v) is 9.83. The Balaban J connectivity index is 1.36. The summed E-state index contributed by atoms with van der Waals surface area (Å²) >= 11 is 0. The van der Waals surface area contributed by atoms with E-state index in [1.807, 2.05) is 24.3 Å². The zero-order valence-electron chi connectivity index (χ0n) is 15.7. The van der Waals surface area contributed by atoms with Crippen molar-refractivity contribution in [3.63, 3.8) is 0 Å². The van der Waals surface area contributed by atoms with Crippen LogP contribution in [0, 0.1) is 0 Å². The molecule has 5 rings (SSSR count). The SMILES string of the molecule is O=C1c2cc(CCC3=C=CC=C3)ccc2-c2ccc(CCC3=C=CC=C3)cc21. The molecular formula is C27H20O. The summed E-state index contributed by atoms with van der Waals surface area (Å²) in [6, 6.07) is 12.7. The Bertz CT molecular complexity index is 1090. The van der Waals surface area contributed by atoms with Gasteiger partial charge in [-0.2, -0.15) is 0 Å². The molecule has 0 saturated heterocycles. The summed E-state index contributed by atoms with van der Waals surface area (Å²) in [6.45, 7) is 0. The Morgan fingerprint density at radius 2 is 1.11 bits per heavy atom. The summed E-state index contributed by atoms with van der Waals surface area (Å²) in [5.41, 5.74) is 15.2. The minimum Gasteiger partial charge on any atom is -0.289 e. The van der Waals surface area contributed by atoms with Gasteiger partial charge in [-0.15, -0.1) is 11.5 Å². The monoisotopic (exact) mass is 360 g/mol. The lowest BCUT2D eigenvalue weighted by molar-refractivity contribution is 0.104. The van der Waals surface area contributed by atoms with E-state index in [-0.39, 0.29) is 5.78 Å². The van der Waals surface area contributed by atoms with Crippen LogP contribution in [0.2, 0.25) is 0 Å². The highest BCUT2D eigenvalue weighted by molar-refractivity contribution is 6.21. The second-order valence-electron chi connectivity index (χ2n) is 7.48. The van der Waals surface area contributed by atoms with Crippen LogP contribution in [0.25, 0.3) is 11.1 Å². The van der Waals surface area contributed by atoms with E-state index in [0.717, 1.165) is 47.9 Å². The number of benzene rings is 2. The van der Waals surface area contributed by atoms with Crippen LogP contribution in [-0.4, -0.2) is 5.78 Å². The first-order chi connectivity index (χ1) is 13.8. The van der Waals surface area contributed by atoms with Gasteiger partial charge >= 0.3 is 0 Å². The van der Waals surface area contributed by atoms with E-state index in [4.69, 9.17) is 0 Å². The molecule has 0 saturated carbocycles. The van der Waals surface area contributed by atoms with E-state index in [0.29, 0.717) is 0 Å². The number of carbonyl (C=O) groups is 1. The molecule has 0 aromatic heterocycles. The summed E-state index contributed by atoms with van der Waals surface area (Å²) < 4.78 is 0. The summed E-state index contributed by atoms with van der Waals surface area (Å²) in [5, 5.41) is 0. The van der Waals surface area contributed by atoms with Gasteiger partial charge < -0.3 is 0 Å². The predicted octanol–water partition coefficient (Wildman–Crippen LogP) is 6.07. The van der Waals surface area contributed by atoms with Crippen molar-refractivity contribution in [3.8, 4) is 11.1 Å². The van der Waals surface area contributed by atoms with Crippen LogP contribution in [-0.2, 0) is 12.8 Å². The van der Waals surface area contributed by atoms with Crippen molar-refractivity contribution in [2.75, 3.05) is 0 Å². The van der Waals surface area contributed by atoms with E-state index in [1.165, 1.54) is 22.3 Å². The van der Waals surface area contributed by atoms with Crippen molar-refractivity contribution in [3.05, 3.63) is 118 Å². The third kappa shape index (κ3) is 3.08. The van der Waals surface area contributed by atoms with Crippen LogP contribution in [0.15, 0.2) is 95.5 Å². The molecule has 1 heteroatoms. The fourth-order valence-electron chi connectivity index (χ4n) is 4.09. The van der Waals surface area contributed by atoms with Gasteiger partial charge in [0.2, 0.25) is 0 Å². The number of hydrogen-bond acceptors (Lipinski definition) is 1. The second-order valence-corrected chi connectivity index (χ2v) is 7.48. The van der Waals surface area contributed by atoms with Crippen molar-refractivity contribution in [1.29, 1.82) is 0 Å². The molecule has 0 spiro atoms. The number of rotatable bonds is 6. The van der Waals surface area contributed by atoms with Crippen molar-refractivity contribution in [2.45, 2.75) is 25.7 Å². The maximum Gasteiger partial charge on any atom is 0.194 e. The Labute approximate surface area is 165 Å². The molecule has 134 valence electrons. The summed E-state index contributed by atoms with van der Waals surface area (Å²) in [7, 11) is 0. The van der Waals surface area contributed by atoms with E-state index in [1.54, 1.807) is 0 Å². The topological polar surface area (TPSA) is 17.1 Å². The third-order valence-corrected chi connectivity index (χ3v) is 5.64. The highest BCUT2D eigenvalue weighted by atomic mass is 16.1. The van der Waals surface area contributed by atoms with Gasteiger partial charge in [-0.25, -0.2) is 0 Å². The molecular weight excluding hydrogens is 340 g/mol. The van der Waals surface area contributed by atoms with Gasteiger partial charge in [0.25, 0.3) is 0 Å². The first-order valence-electron chi connectivity index (χ1n) is 9.83. The number of carbonyl (C=O) groups excluding carboxylic acids is 1. The summed E-state index contributed by atoms with van der Waals surface area (Å²) in [6.07, 6.45) is 15.9. The molecule has 0 heterocycles. The van der Waals surface area contributed by atoms with Crippen LogP contribution >= 0.6 is 0 Å². The van der Waals surface area contributed by atoms with Crippen LogP contribution < -0.4 is 0 Å². The quantitative estimate of drug-likeness (QED) is 0.488. The van der Waals surface area contributed by atoms with Gasteiger partial charge in [-0.1, -0.05) is 48.6 Å². The Kier molecular flexibility index (Phi) is 4.18. The summed E-state index contributed by atoms with van der Waals surface area (Å²) in [4.78, 5) is 13.0. The lowest BCUT2D eigenvalue weighted by Gasteiger charge is -2.05. The fraction of sp³-hybridized carbons (Fsp3) is 0.148. The molecule has 0 unspecified atom stereocenters. The molecule has 28 heavy (non-hydrogen) atoms. The van der Waals surface area contributed by atoms with E-state index < -0.39 is 0 Å². The molecule has 0 bridgehead atoms. The number of hydrogen-bond donors (Lipinski definition) is 0. The van der Waals surface area contributed by atoms with E-state index >= 15 is 0 Å². The standard InChI is InChI=1S/C27H20O/c28-27-25-17-21(11-9-19-5-1-2-6-19)13-15-23(25)24-16-14-22(18-26(24)27)12-10-20-7-3-4-8-20/h1-5,7,13-18H,9-12H2. The molecule has 3 aliphatic carbocycles. The Morgan fingerprint density at radius 1 is 0.607 bits per heavy atom. The van der Waals surface area contributed by atoms with Crippen molar-refractivity contribution < 1.29 is 4.79 Å². The Morgan fingerprint density at radius 3 is 1.54 bits per heavy atom. The molecule has 0 radical (unpaired) electrons. The molecule has 1 nitrogen and oxygen atoms in total. The first kappa shape index (κ1) is 16.8. The maximum absolute atomic E-state index is 13.0. The highest BCUT2D eigenvalue weighted by Gasteiger charge is 2.27. The number of aryl methyl sites for hydroxylation is 2. The zero-order valence-corrected chi connectivity index (χ0v) is 15.7. The third-order valence-electron chi connectivity index (χ3n) is 5.64. The summed E-state index contributed by atoms with van der Waals surface area (Å²) in [5.74, 6) is 0.161. The molecule has 3 aliphatic rings. The molecule has 0 N–H and O–H groups in total. The lowest BCUT2D eigenvalue weighted by Crippen LogP contribution is -1.98. The molecule has 2 aromatic rings. The molecule has 0 aliphatic heterocycles. The van der Waals surface area contributed by atoms with Gasteiger partial charge in [0.15, 0.2) is 5.78 Å². The second kappa shape index (κ2) is 6.98. The van der Waals surface area contributed by atoms with Crippen LogP contribution in [0.5, 0.6) is 0 Å². The normalized spacial score (nSPS) is 15.2. The van der Waals surface area contributed by atoms with Crippen molar-refractivity contribution in [2.24, 2.45) is 0 Å². The van der Waals surface area contributed by atoms with Crippen molar-refractivity contribution >= 4 is 5.78 Å². The van der Waals surface area contributed by atoms with E-state index in [2.05, 4.69) is 60.0 Å². The largest absolute Gasteiger partial charge is 0.289 e. The molecule has 0 fully saturated rings. The average Bonchev–Trinajstić information content (AvgIpc) is 3.47. The number of allylic oxidation sites excluding steroid dienone is 6. The fourth-order valence-corrected chi connectivity index (χ4v) is 4.09. The average molecular weight is 360 g/mol. The highest BCUT2D eigenvalue weighted by Crippen LogP contribution is 2.38. The van der Waals surface area contributed by atoms with Crippen molar-refractivity contribution in [1.82, 2.24) is 0 Å². The maximum atomic E-state index is 13.0. The minimum absolute atomic E-state index is 0.161. The van der Waals surface area contributed by atoms with Crippen LogP contribution in [0.4, 0.5) is 0 Å². The van der Waals surface area contributed by atoms with Crippen LogP contribution in [0.3, 0.4) is 0 Å².